The van der Waals surface area contributed by atoms with E-state index < -0.39 is 49.3 Å². The molecule has 1 saturated carbocycles. The molecule has 0 bridgehead atoms. The third-order valence-electron chi connectivity index (χ3n) is 6.84. The Balaban J connectivity index is 1.26. The molecule has 1 N–H and O–H groups in total. The van der Waals surface area contributed by atoms with Crippen LogP contribution in [0.3, 0.4) is 0 Å². The van der Waals surface area contributed by atoms with Crippen LogP contribution < -0.4 is 5.32 Å². The molecule has 10 nitrogen and oxygen atoms in total. The fourth-order valence-corrected chi connectivity index (χ4v) is 7.19. The highest BCUT2D eigenvalue weighted by atomic mass is 32.2. The van der Waals surface area contributed by atoms with Crippen molar-refractivity contribution in [2.45, 2.75) is 48.1 Å². The van der Waals surface area contributed by atoms with E-state index in [4.69, 9.17) is 4.74 Å². The summed E-state index contributed by atoms with van der Waals surface area (Å²) < 4.78 is 17.7. The van der Waals surface area contributed by atoms with Crippen molar-refractivity contribution < 1.29 is 28.3 Å². The summed E-state index contributed by atoms with van der Waals surface area (Å²) >= 11 is 0. The largest absolute Gasteiger partial charge is 0.459 e. The first-order valence-corrected chi connectivity index (χ1v) is 11.9. The first-order chi connectivity index (χ1) is 16.2. The Labute approximate surface area is 196 Å². The summed E-state index contributed by atoms with van der Waals surface area (Å²) in [4.78, 5) is 50.0. The fourth-order valence-electron chi connectivity index (χ4n) is 4.88. The highest BCUT2D eigenvalue weighted by Crippen LogP contribution is 2.66. The predicted molar refractivity (Wildman–Crippen MR) is 119 cm³/mol. The Kier molecular flexibility index (Phi) is 5.05. The molecule has 2 amide bonds. The Hall–Kier alpha value is -3.60. The van der Waals surface area contributed by atoms with Gasteiger partial charge in [0.15, 0.2) is 5.54 Å². The number of hydrogen-bond donors (Lipinski definition) is 1. The lowest BCUT2D eigenvalue weighted by Gasteiger charge is -2.45. The van der Waals surface area contributed by atoms with Gasteiger partial charge in [0.2, 0.25) is 11.8 Å². The molecule has 2 aromatic rings. The molecule has 2 saturated heterocycles. The van der Waals surface area contributed by atoms with Crippen LogP contribution in [0.25, 0.3) is 0 Å². The number of amides is 2. The molecule has 3 fully saturated rings. The third kappa shape index (κ3) is 3.14. The minimum absolute atomic E-state index is 0.0796. The van der Waals surface area contributed by atoms with Crippen molar-refractivity contribution in [2.75, 3.05) is 0 Å². The lowest BCUT2D eigenvalue weighted by molar-refractivity contribution is -0.384. The van der Waals surface area contributed by atoms with E-state index in [2.05, 4.69) is 5.32 Å². The van der Waals surface area contributed by atoms with Crippen molar-refractivity contribution in [1.29, 1.82) is 0 Å². The van der Waals surface area contributed by atoms with Crippen molar-refractivity contribution in [1.82, 2.24) is 10.2 Å². The van der Waals surface area contributed by atoms with Crippen LogP contribution in [0.2, 0.25) is 0 Å². The Bertz CT molecular complexity index is 1230. The van der Waals surface area contributed by atoms with Gasteiger partial charge in [-0.05, 0) is 30.2 Å². The van der Waals surface area contributed by atoms with Crippen LogP contribution in [0, 0.1) is 10.1 Å². The van der Waals surface area contributed by atoms with Gasteiger partial charge < -0.3 is 15.0 Å². The summed E-state index contributed by atoms with van der Waals surface area (Å²) in [5, 5.41) is 12.7. The van der Waals surface area contributed by atoms with Gasteiger partial charge in [0.05, 0.1) is 26.9 Å². The van der Waals surface area contributed by atoms with E-state index >= 15 is 0 Å². The molecule has 11 heteroatoms. The number of nitro groups is 1. The predicted octanol–water partition coefficient (Wildman–Crippen LogP) is 1.20. The maximum absolute atomic E-state index is 13.2. The molecule has 5 atom stereocenters. The lowest BCUT2D eigenvalue weighted by atomic mass is 10.00. The van der Waals surface area contributed by atoms with E-state index in [1.54, 1.807) is 19.1 Å². The van der Waals surface area contributed by atoms with Crippen molar-refractivity contribution >= 4 is 34.3 Å². The van der Waals surface area contributed by atoms with Crippen molar-refractivity contribution in [3.63, 3.8) is 0 Å². The van der Waals surface area contributed by atoms with Crippen LogP contribution in [0.15, 0.2) is 54.6 Å². The first kappa shape index (κ1) is 22.2. The van der Waals surface area contributed by atoms with E-state index in [1.165, 1.54) is 29.2 Å². The highest BCUT2D eigenvalue weighted by molar-refractivity contribution is 7.88. The number of fused-ring (bicyclic) bond motifs is 3. The molecule has 1 unspecified atom stereocenters. The van der Waals surface area contributed by atoms with Gasteiger partial charge in [0.1, 0.15) is 18.0 Å². The van der Waals surface area contributed by atoms with Crippen molar-refractivity contribution in [3.8, 4) is 0 Å². The third-order valence-corrected chi connectivity index (χ3v) is 9.13. The van der Waals surface area contributed by atoms with Gasteiger partial charge in [0, 0.05) is 18.6 Å². The van der Waals surface area contributed by atoms with Crippen molar-refractivity contribution in [2.24, 2.45) is 0 Å². The SMILES string of the molecule is C[C@]12C[C@@]1(C(=O)OCc1ccc([N+](=O)[O-])cc1)N1C(=O)[C@@H](NC(=O)Cc3ccccc3)[C@H]1S2=O. The summed E-state index contributed by atoms with van der Waals surface area (Å²) in [7, 11) is -1.56. The van der Waals surface area contributed by atoms with Gasteiger partial charge >= 0.3 is 5.97 Å². The molecule has 34 heavy (non-hydrogen) atoms. The number of non-ortho nitro benzene ring substituents is 1. The maximum Gasteiger partial charge on any atom is 0.334 e. The highest BCUT2D eigenvalue weighted by Gasteiger charge is 2.88. The van der Waals surface area contributed by atoms with Crippen LogP contribution in [-0.2, 0) is 42.9 Å². The molecular formula is C23H21N3O7S. The molecule has 0 spiro atoms. The Morgan fingerprint density at radius 3 is 2.50 bits per heavy atom. The lowest BCUT2D eigenvalue weighted by Crippen LogP contribution is -2.73. The number of β-lactam (4-membered cyclic amide) rings is 1. The van der Waals surface area contributed by atoms with Crippen molar-refractivity contribution in [3.05, 3.63) is 75.8 Å². The molecular weight excluding hydrogens is 462 g/mol. The normalized spacial score (nSPS) is 30.6. The minimum atomic E-state index is -1.56. The number of benzene rings is 2. The average molecular weight is 484 g/mol. The van der Waals surface area contributed by atoms with Crippen LogP contribution in [0.1, 0.15) is 24.5 Å². The van der Waals surface area contributed by atoms with E-state index in [-0.39, 0.29) is 31.0 Å². The molecule has 2 heterocycles. The Morgan fingerprint density at radius 2 is 1.85 bits per heavy atom. The zero-order valence-corrected chi connectivity index (χ0v) is 18.9. The number of carbonyl (C=O) groups is 3. The van der Waals surface area contributed by atoms with Crippen LogP contribution >= 0.6 is 0 Å². The molecule has 2 aliphatic heterocycles. The summed E-state index contributed by atoms with van der Waals surface area (Å²) in [5.41, 5.74) is -0.0586. The summed E-state index contributed by atoms with van der Waals surface area (Å²) in [6, 6.07) is 13.7. The van der Waals surface area contributed by atoms with Gasteiger partial charge in [-0.2, -0.15) is 0 Å². The monoisotopic (exact) mass is 483 g/mol. The number of nitro benzene ring substituents is 1. The van der Waals surface area contributed by atoms with Gasteiger partial charge in [-0.1, -0.05) is 30.3 Å². The second-order valence-electron chi connectivity index (χ2n) is 8.87. The summed E-state index contributed by atoms with van der Waals surface area (Å²) in [6.45, 7) is 1.55. The molecule has 3 aliphatic rings. The number of ether oxygens (including phenoxy) is 1. The second-order valence-corrected chi connectivity index (χ2v) is 10.9. The average Bonchev–Trinajstić information content (AvgIpc) is 3.41. The number of esters is 1. The zero-order chi connectivity index (χ0) is 24.3. The molecule has 176 valence electrons. The fraction of sp³-hybridized carbons (Fsp3) is 0.348. The van der Waals surface area contributed by atoms with Gasteiger partial charge in [-0.25, -0.2) is 4.79 Å². The van der Waals surface area contributed by atoms with E-state index in [0.717, 1.165) is 5.56 Å². The van der Waals surface area contributed by atoms with Gasteiger partial charge in [-0.15, -0.1) is 0 Å². The number of nitrogens with zero attached hydrogens (tertiary/aromatic N) is 2. The van der Waals surface area contributed by atoms with Crippen LogP contribution in [0.5, 0.6) is 0 Å². The molecule has 1 aliphatic carbocycles. The minimum Gasteiger partial charge on any atom is -0.459 e. The summed E-state index contributed by atoms with van der Waals surface area (Å²) in [6.07, 6.45) is 0.308. The standard InChI is InChI=1S/C23H21N3O7S/c1-22-13-23(22,21(29)33-12-15-7-9-16(10-8-15)26(30)31)25-19(28)18(20(25)34(22)32)24-17(27)11-14-5-3-2-4-6-14/h2-10,18,20H,11-13H2,1H3,(H,24,27)/t18-,20-,22+,23+,34?/m1/s1. The smallest absolute Gasteiger partial charge is 0.334 e. The maximum atomic E-state index is 13.2. The van der Waals surface area contributed by atoms with Crippen LogP contribution in [0.4, 0.5) is 5.69 Å². The first-order valence-electron chi connectivity index (χ1n) is 10.7. The zero-order valence-electron chi connectivity index (χ0n) is 18.1. The summed E-state index contributed by atoms with van der Waals surface area (Å²) in [5.74, 6) is -1.47. The quantitative estimate of drug-likeness (QED) is 0.270. The Morgan fingerprint density at radius 1 is 1.18 bits per heavy atom. The molecule has 5 rings (SSSR count). The number of nitrogens with one attached hydrogen (secondary N) is 1. The number of hydrogen-bond acceptors (Lipinski definition) is 7. The second kappa shape index (κ2) is 7.73. The number of rotatable bonds is 7. The van der Waals surface area contributed by atoms with E-state index in [9.17, 15) is 28.7 Å². The van der Waals surface area contributed by atoms with E-state index in [1.807, 2.05) is 18.2 Å². The molecule has 0 aromatic heterocycles. The van der Waals surface area contributed by atoms with Gasteiger partial charge in [-0.3, -0.25) is 23.9 Å². The van der Waals surface area contributed by atoms with Crippen LogP contribution in [-0.4, -0.2) is 53.5 Å². The van der Waals surface area contributed by atoms with E-state index in [0.29, 0.717) is 5.56 Å². The molecule has 0 radical (unpaired) electrons. The van der Waals surface area contributed by atoms with Gasteiger partial charge in [0.25, 0.3) is 5.69 Å². The molecule has 2 aromatic carbocycles. The number of carbonyl (C=O) groups excluding carboxylic acids is 3. The topological polar surface area (TPSA) is 136 Å².